The predicted molar refractivity (Wildman–Crippen MR) is 79.6 cm³/mol. The van der Waals surface area contributed by atoms with E-state index < -0.39 is 5.91 Å². The summed E-state index contributed by atoms with van der Waals surface area (Å²) < 4.78 is 0. The summed E-state index contributed by atoms with van der Waals surface area (Å²) in [5.41, 5.74) is 0.889. The number of carbonyl (C=O) groups excluding carboxylic acids is 2. The molecule has 1 aliphatic carbocycles. The summed E-state index contributed by atoms with van der Waals surface area (Å²) in [5.74, 6) is -0.579. The van der Waals surface area contributed by atoms with Crippen molar-refractivity contribution in [2.45, 2.75) is 44.6 Å². The average molecular weight is 285 g/mol. The summed E-state index contributed by atoms with van der Waals surface area (Å²) in [6, 6.07) is 8.87. The first kappa shape index (κ1) is 15.0. The molecule has 2 N–H and O–H groups in total. The van der Waals surface area contributed by atoms with Crippen LogP contribution < -0.4 is 10.6 Å². The minimum Gasteiger partial charge on any atom is -0.349 e. The highest BCUT2D eigenvalue weighted by Gasteiger charge is 2.18. The van der Waals surface area contributed by atoms with Gasteiger partial charge < -0.3 is 10.6 Å². The van der Waals surface area contributed by atoms with Crippen LogP contribution in [0.2, 0.25) is 0 Å². The standard InChI is InChI=1S/C16H19N3O2/c17-11-10-15(20)19-14-9-5-4-8-13(14)16(21)18-12-6-2-1-3-7-12/h4-5,8-9,12H,1-3,6-7,10H2,(H,18,21)(H,19,20). The number of nitrogens with zero attached hydrogens (tertiary/aromatic N) is 1. The third kappa shape index (κ3) is 4.32. The van der Waals surface area contributed by atoms with E-state index in [9.17, 15) is 9.59 Å². The second-order valence-corrected chi connectivity index (χ2v) is 5.24. The number of benzene rings is 1. The minimum absolute atomic E-state index is 0.172. The van der Waals surface area contributed by atoms with E-state index >= 15 is 0 Å². The molecule has 5 heteroatoms. The van der Waals surface area contributed by atoms with E-state index in [-0.39, 0.29) is 18.4 Å². The molecule has 2 rings (SSSR count). The van der Waals surface area contributed by atoms with Gasteiger partial charge in [-0.05, 0) is 25.0 Å². The van der Waals surface area contributed by atoms with Crippen molar-refractivity contribution >= 4 is 17.5 Å². The van der Waals surface area contributed by atoms with E-state index in [2.05, 4.69) is 10.6 Å². The van der Waals surface area contributed by atoms with Crippen LogP contribution in [0.15, 0.2) is 24.3 Å². The van der Waals surface area contributed by atoms with Crippen LogP contribution in [0.4, 0.5) is 5.69 Å². The maximum Gasteiger partial charge on any atom is 0.253 e. The van der Waals surface area contributed by atoms with Crippen molar-refractivity contribution in [3.05, 3.63) is 29.8 Å². The van der Waals surface area contributed by atoms with Crippen molar-refractivity contribution in [2.24, 2.45) is 0 Å². The van der Waals surface area contributed by atoms with Crippen LogP contribution in [0.3, 0.4) is 0 Å². The Morgan fingerprint density at radius 2 is 1.90 bits per heavy atom. The maximum absolute atomic E-state index is 12.3. The molecule has 0 aromatic heterocycles. The molecule has 1 saturated carbocycles. The van der Waals surface area contributed by atoms with Crippen molar-refractivity contribution in [1.29, 1.82) is 5.26 Å². The van der Waals surface area contributed by atoms with Crippen LogP contribution in [0.25, 0.3) is 0 Å². The van der Waals surface area contributed by atoms with Crippen molar-refractivity contribution in [3.63, 3.8) is 0 Å². The topological polar surface area (TPSA) is 82.0 Å². The van der Waals surface area contributed by atoms with Crippen molar-refractivity contribution in [3.8, 4) is 6.07 Å². The van der Waals surface area contributed by atoms with Crippen LogP contribution in [-0.2, 0) is 4.79 Å². The predicted octanol–water partition coefficient (Wildman–Crippen LogP) is 2.60. The Kier molecular flexibility index (Phi) is 5.33. The van der Waals surface area contributed by atoms with E-state index in [1.807, 2.05) is 0 Å². The van der Waals surface area contributed by atoms with Crippen molar-refractivity contribution in [1.82, 2.24) is 5.32 Å². The lowest BCUT2D eigenvalue weighted by atomic mass is 9.95. The largest absolute Gasteiger partial charge is 0.349 e. The Labute approximate surface area is 124 Å². The van der Waals surface area contributed by atoms with Gasteiger partial charge in [-0.3, -0.25) is 9.59 Å². The maximum atomic E-state index is 12.3. The zero-order valence-electron chi connectivity index (χ0n) is 11.9. The van der Waals surface area contributed by atoms with Gasteiger partial charge in [-0.15, -0.1) is 0 Å². The van der Waals surface area contributed by atoms with Crippen molar-refractivity contribution < 1.29 is 9.59 Å². The van der Waals surface area contributed by atoms with Crippen LogP contribution in [0, 0.1) is 11.3 Å². The van der Waals surface area contributed by atoms with Crippen LogP contribution in [-0.4, -0.2) is 17.9 Å². The number of para-hydroxylation sites is 1. The lowest BCUT2D eigenvalue weighted by molar-refractivity contribution is -0.115. The van der Waals surface area contributed by atoms with Crippen LogP contribution in [0.1, 0.15) is 48.9 Å². The van der Waals surface area contributed by atoms with E-state index in [1.165, 1.54) is 6.42 Å². The molecule has 1 aromatic rings. The Bertz CT molecular complexity index is 557. The van der Waals surface area contributed by atoms with Gasteiger partial charge >= 0.3 is 0 Å². The van der Waals surface area contributed by atoms with Gasteiger partial charge in [-0.25, -0.2) is 0 Å². The van der Waals surface area contributed by atoms with Gasteiger partial charge in [-0.2, -0.15) is 5.26 Å². The number of anilines is 1. The van der Waals surface area contributed by atoms with Gasteiger partial charge in [0.15, 0.2) is 0 Å². The number of nitrogens with one attached hydrogen (secondary N) is 2. The molecule has 0 saturated heterocycles. The summed E-state index contributed by atoms with van der Waals surface area (Å²) in [4.78, 5) is 23.9. The molecule has 1 fully saturated rings. The number of rotatable bonds is 4. The van der Waals surface area contributed by atoms with E-state index in [0.717, 1.165) is 25.7 Å². The molecule has 1 aliphatic rings. The number of nitriles is 1. The normalized spacial score (nSPS) is 15.0. The Hall–Kier alpha value is -2.35. The molecular formula is C16H19N3O2. The van der Waals surface area contributed by atoms with Gasteiger partial charge in [0.1, 0.15) is 6.42 Å². The number of carbonyl (C=O) groups is 2. The first-order valence-electron chi connectivity index (χ1n) is 7.27. The zero-order chi connectivity index (χ0) is 15.1. The summed E-state index contributed by atoms with van der Waals surface area (Å²) in [6.07, 6.45) is 5.31. The second kappa shape index (κ2) is 7.44. The third-order valence-corrected chi connectivity index (χ3v) is 3.63. The highest BCUT2D eigenvalue weighted by Crippen LogP contribution is 2.20. The molecule has 2 amide bonds. The highest BCUT2D eigenvalue weighted by atomic mass is 16.2. The average Bonchev–Trinajstić information content (AvgIpc) is 2.49. The molecule has 5 nitrogen and oxygen atoms in total. The monoisotopic (exact) mass is 285 g/mol. The molecule has 0 atom stereocenters. The smallest absolute Gasteiger partial charge is 0.253 e. The lowest BCUT2D eigenvalue weighted by Gasteiger charge is -2.23. The first-order chi connectivity index (χ1) is 10.2. The summed E-state index contributed by atoms with van der Waals surface area (Å²) in [6.45, 7) is 0. The van der Waals surface area contributed by atoms with E-state index in [4.69, 9.17) is 5.26 Å². The fourth-order valence-electron chi connectivity index (χ4n) is 2.57. The van der Waals surface area contributed by atoms with Gasteiger partial charge in [0.25, 0.3) is 5.91 Å². The SMILES string of the molecule is N#CCC(=O)Nc1ccccc1C(=O)NC1CCCCC1. The lowest BCUT2D eigenvalue weighted by Crippen LogP contribution is -2.36. The Morgan fingerprint density at radius 1 is 1.19 bits per heavy atom. The molecule has 0 radical (unpaired) electrons. The summed E-state index contributed by atoms with van der Waals surface area (Å²) in [5, 5.41) is 14.2. The Morgan fingerprint density at radius 3 is 2.62 bits per heavy atom. The molecular weight excluding hydrogens is 266 g/mol. The molecule has 0 aliphatic heterocycles. The van der Waals surface area contributed by atoms with Gasteiger partial charge in [0.05, 0.1) is 17.3 Å². The molecule has 0 unspecified atom stereocenters. The quantitative estimate of drug-likeness (QED) is 0.892. The molecule has 21 heavy (non-hydrogen) atoms. The third-order valence-electron chi connectivity index (χ3n) is 3.63. The zero-order valence-corrected chi connectivity index (χ0v) is 11.9. The summed E-state index contributed by atoms with van der Waals surface area (Å²) in [7, 11) is 0. The van der Waals surface area contributed by atoms with Crippen LogP contribution >= 0.6 is 0 Å². The summed E-state index contributed by atoms with van der Waals surface area (Å²) >= 11 is 0. The van der Waals surface area contributed by atoms with E-state index in [1.54, 1.807) is 30.3 Å². The number of amides is 2. The van der Waals surface area contributed by atoms with Crippen molar-refractivity contribution in [2.75, 3.05) is 5.32 Å². The van der Waals surface area contributed by atoms with Gasteiger partial charge in [0.2, 0.25) is 5.91 Å². The highest BCUT2D eigenvalue weighted by molar-refractivity contribution is 6.04. The molecule has 1 aromatic carbocycles. The fraction of sp³-hybridized carbons (Fsp3) is 0.438. The number of hydrogen-bond donors (Lipinski definition) is 2. The first-order valence-corrected chi connectivity index (χ1v) is 7.27. The van der Waals surface area contributed by atoms with E-state index in [0.29, 0.717) is 11.3 Å². The number of hydrogen-bond acceptors (Lipinski definition) is 3. The minimum atomic E-state index is -0.407. The molecule has 110 valence electrons. The second-order valence-electron chi connectivity index (χ2n) is 5.24. The molecule has 0 spiro atoms. The fourth-order valence-corrected chi connectivity index (χ4v) is 2.57. The van der Waals surface area contributed by atoms with Gasteiger partial charge in [0, 0.05) is 6.04 Å². The molecule has 0 heterocycles. The Balaban J connectivity index is 2.06. The molecule has 0 bridgehead atoms. The van der Waals surface area contributed by atoms with Gasteiger partial charge in [-0.1, -0.05) is 31.4 Å². The van der Waals surface area contributed by atoms with Crippen LogP contribution in [0.5, 0.6) is 0 Å².